The van der Waals surface area contributed by atoms with Crippen molar-refractivity contribution in [2.45, 2.75) is 130 Å². The van der Waals surface area contributed by atoms with Crippen LogP contribution in [0.25, 0.3) is 0 Å². The van der Waals surface area contributed by atoms with Crippen LogP contribution in [-0.2, 0) is 19.0 Å². The molecule has 8 nitrogen and oxygen atoms in total. The van der Waals surface area contributed by atoms with Crippen LogP contribution in [0.2, 0.25) is 0 Å². The van der Waals surface area contributed by atoms with E-state index in [0.717, 1.165) is 25.7 Å². The van der Waals surface area contributed by atoms with Gasteiger partial charge in [-0.25, -0.2) is 0 Å². The number of aliphatic hydroxyl groups excluding tert-OH is 4. The molecule has 0 bridgehead atoms. The number of allylic oxidation sites excluding steroid dienone is 2. The highest BCUT2D eigenvalue weighted by molar-refractivity contribution is 5.71. The van der Waals surface area contributed by atoms with Crippen molar-refractivity contribution in [2.24, 2.45) is 34.5 Å². The fourth-order valence-electron chi connectivity index (χ4n) is 7.41. The Morgan fingerprint density at radius 1 is 1.11 bits per heavy atom. The SMILES string of the molecule is CC1=CC[C@@H]2C(C)(C)[C@H](OC(=O)C(C)C)[C@@H](O[C@@H]3O[C@H](C)[C@H](O)[C@H](O)[C@H]3O)C[C@@]2(C)[C@@H]1CC[C@H](C)CCO. The van der Waals surface area contributed by atoms with Crippen LogP contribution in [0.15, 0.2) is 11.6 Å². The minimum absolute atomic E-state index is 0.171. The molecule has 220 valence electrons. The lowest BCUT2D eigenvalue weighted by molar-refractivity contribution is -0.326. The summed E-state index contributed by atoms with van der Waals surface area (Å²) in [6.45, 7) is 16.4. The molecule has 1 saturated carbocycles. The number of fused-ring (bicyclic) bond motifs is 1. The van der Waals surface area contributed by atoms with Gasteiger partial charge in [0.25, 0.3) is 0 Å². The second-order valence-electron chi connectivity index (χ2n) is 13.4. The highest BCUT2D eigenvalue weighted by Crippen LogP contribution is 2.62. The van der Waals surface area contributed by atoms with E-state index in [1.807, 2.05) is 13.8 Å². The molecule has 3 rings (SSSR count). The third kappa shape index (κ3) is 6.16. The summed E-state index contributed by atoms with van der Waals surface area (Å²) in [4.78, 5) is 12.9. The highest BCUT2D eigenvalue weighted by Gasteiger charge is 2.61. The van der Waals surface area contributed by atoms with Gasteiger partial charge in [0.2, 0.25) is 0 Å². The van der Waals surface area contributed by atoms with Crippen molar-refractivity contribution >= 4 is 5.97 Å². The summed E-state index contributed by atoms with van der Waals surface area (Å²) in [7, 11) is 0. The van der Waals surface area contributed by atoms with E-state index in [-0.39, 0.29) is 35.7 Å². The van der Waals surface area contributed by atoms with Gasteiger partial charge in [0, 0.05) is 12.0 Å². The first-order chi connectivity index (χ1) is 17.6. The van der Waals surface area contributed by atoms with Crippen LogP contribution in [0.4, 0.5) is 0 Å². The number of aliphatic hydroxyl groups is 4. The number of hydrogen-bond donors (Lipinski definition) is 4. The Bertz CT molecular complexity index is 840. The Morgan fingerprint density at radius 3 is 2.37 bits per heavy atom. The molecule has 2 fully saturated rings. The Morgan fingerprint density at radius 2 is 1.76 bits per heavy atom. The predicted octanol–water partition coefficient (Wildman–Crippen LogP) is 3.58. The molecule has 8 heteroatoms. The van der Waals surface area contributed by atoms with Gasteiger partial charge in [0.05, 0.1) is 18.1 Å². The quantitative estimate of drug-likeness (QED) is 0.258. The van der Waals surface area contributed by atoms with E-state index in [4.69, 9.17) is 14.2 Å². The van der Waals surface area contributed by atoms with E-state index in [0.29, 0.717) is 12.3 Å². The van der Waals surface area contributed by atoms with Crippen LogP contribution in [0.5, 0.6) is 0 Å². The van der Waals surface area contributed by atoms with Crippen molar-refractivity contribution in [1.82, 2.24) is 0 Å². The molecule has 1 heterocycles. The van der Waals surface area contributed by atoms with E-state index in [9.17, 15) is 25.2 Å². The molecule has 11 atom stereocenters. The molecule has 0 spiro atoms. The van der Waals surface area contributed by atoms with Gasteiger partial charge in [0.1, 0.15) is 24.4 Å². The lowest BCUT2D eigenvalue weighted by atomic mass is 9.46. The summed E-state index contributed by atoms with van der Waals surface area (Å²) in [6, 6.07) is 0. The predicted molar refractivity (Wildman–Crippen MR) is 144 cm³/mol. The van der Waals surface area contributed by atoms with Crippen LogP contribution in [0.1, 0.15) is 87.5 Å². The van der Waals surface area contributed by atoms with Crippen LogP contribution in [0, 0.1) is 34.5 Å². The van der Waals surface area contributed by atoms with Crippen molar-refractivity contribution in [1.29, 1.82) is 0 Å². The van der Waals surface area contributed by atoms with Crippen LogP contribution in [-0.4, -0.2) is 75.9 Å². The Kier molecular flexibility index (Phi) is 10.1. The Labute approximate surface area is 228 Å². The molecule has 0 amide bonds. The third-order valence-corrected chi connectivity index (χ3v) is 9.83. The molecule has 0 unspecified atom stereocenters. The number of hydrogen-bond acceptors (Lipinski definition) is 8. The highest BCUT2D eigenvalue weighted by atomic mass is 16.7. The van der Waals surface area contributed by atoms with Crippen molar-refractivity contribution in [2.75, 3.05) is 6.61 Å². The van der Waals surface area contributed by atoms with Crippen molar-refractivity contribution < 1.29 is 39.4 Å². The average molecular weight is 541 g/mol. The molecule has 0 radical (unpaired) electrons. The summed E-state index contributed by atoms with van der Waals surface area (Å²) in [6.07, 6.45) is -0.508. The summed E-state index contributed by atoms with van der Waals surface area (Å²) in [5, 5.41) is 40.7. The molecule has 1 saturated heterocycles. The molecule has 1 aliphatic heterocycles. The van der Waals surface area contributed by atoms with Crippen molar-refractivity contribution in [3.05, 3.63) is 11.6 Å². The summed E-state index contributed by atoms with van der Waals surface area (Å²) < 4.78 is 18.4. The standard InChI is InChI=1S/C30H52O8/c1-16(2)27(35)38-26-21(37-28-25(34)24(33)23(32)19(5)36-28)15-30(8)20(11-9-17(3)13-14-31)18(4)10-12-22(30)29(26,6)7/h10,16-17,19-26,28,31-34H,9,11-15H2,1-8H3/t17-,19+,20+,21-,22+,23-,24-,25+,26+,28-,30-/m0/s1. The lowest BCUT2D eigenvalue weighted by Gasteiger charge is -2.61. The van der Waals surface area contributed by atoms with Crippen LogP contribution < -0.4 is 0 Å². The summed E-state index contributed by atoms with van der Waals surface area (Å²) in [5.41, 5.74) is 0.738. The molecule has 38 heavy (non-hydrogen) atoms. The minimum Gasteiger partial charge on any atom is -0.459 e. The van der Waals surface area contributed by atoms with E-state index >= 15 is 0 Å². The topological polar surface area (TPSA) is 126 Å². The minimum atomic E-state index is -1.43. The van der Waals surface area contributed by atoms with Gasteiger partial charge in [-0.3, -0.25) is 4.79 Å². The zero-order valence-corrected chi connectivity index (χ0v) is 24.6. The summed E-state index contributed by atoms with van der Waals surface area (Å²) in [5.74, 6) is 0.331. The van der Waals surface area contributed by atoms with Gasteiger partial charge >= 0.3 is 5.97 Å². The molecule has 0 aromatic heterocycles. The summed E-state index contributed by atoms with van der Waals surface area (Å²) >= 11 is 0. The molecule has 3 aliphatic rings. The van der Waals surface area contributed by atoms with E-state index < -0.39 is 48.3 Å². The zero-order valence-electron chi connectivity index (χ0n) is 24.6. The van der Waals surface area contributed by atoms with Crippen molar-refractivity contribution in [3.63, 3.8) is 0 Å². The first kappa shape index (κ1) is 31.5. The Hall–Kier alpha value is -1.03. The van der Waals surface area contributed by atoms with Crippen molar-refractivity contribution in [3.8, 4) is 0 Å². The molecule has 0 aromatic rings. The third-order valence-electron chi connectivity index (χ3n) is 9.83. The van der Waals surface area contributed by atoms with Crippen LogP contribution in [0.3, 0.4) is 0 Å². The monoisotopic (exact) mass is 540 g/mol. The average Bonchev–Trinajstić information content (AvgIpc) is 2.82. The van der Waals surface area contributed by atoms with E-state index in [1.54, 1.807) is 6.92 Å². The maximum Gasteiger partial charge on any atom is 0.308 e. The molecule has 4 N–H and O–H groups in total. The molecule has 0 aromatic carbocycles. The number of esters is 1. The van der Waals surface area contributed by atoms with Crippen LogP contribution >= 0.6 is 0 Å². The zero-order chi connectivity index (χ0) is 28.6. The van der Waals surface area contributed by atoms with Gasteiger partial charge in [-0.2, -0.15) is 0 Å². The van der Waals surface area contributed by atoms with Gasteiger partial charge in [-0.1, -0.05) is 59.6 Å². The molecular formula is C30H52O8. The Balaban J connectivity index is 1.97. The van der Waals surface area contributed by atoms with E-state index in [2.05, 4.69) is 40.7 Å². The fraction of sp³-hybridized carbons (Fsp3) is 0.900. The van der Waals surface area contributed by atoms with Gasteiger partial charge in [-0.05, 0) is 62.7 Å². The van der Waals surface area contributed by atoms with E-state index in [1.165, 1.54) is 5.57 Å². The lowest BCUT2D eigenvalue weighted by Crippen LogP contribution is -2.64. The fourth-order valence-corrected chi connectivity index (χ4v) is 7.41. The maximum absolute atomic E-state index is 12.9. The number of ether oxygens (including phenoxy) is 3. The second kappa shape index (κ2) is 12.2. The number of carbonyl (C=O) groups excluding carboxylic acids is 1. The first-order valence-corrected chi connectivity index (χ1v) is 14.5. The second-order valence-corrected chi connectivity index (χ2v) is 13.4. The largest absolute Gasteiger partial charge is 0.459 e. The van der Waals surface area contributed by atoms with Gasteiger partial charge in [-0.15, -0.1) is 0 Å². The van der Waals surface area contributed by atoms with Gasteiger partial charge in [0.15, 0.2) is 6.29 Å². The smallest absolute Gasteiger partial charge is 0.308 e. The maximum atomic E-state index is 12.9. The number of carbonyl (C=O) groups is 1. The molecular weight excluding hydrogens is 488 g/mol. The first-order valence-electron chi connectivity index (χ1n) is 14.5. The molecule has 2 aliphatic carbocycles. The van der Waals surface area contributed by atoms with Gasteiger partial charge < -0.3 is 34.6 Å². The normalized spacial score (nSPS) is 41.8. The number of rotatable bonds is 9.